The van der Waals surface area contributed by atoms with Crippen molar-refractivity contribution in [2.24, 2.45) is 0 Å². The van der Waals surface area contributed by atoms with E-state index < -0.39 is 5.97 Å². The molecule has 0 fully saturated rings. The summed E-state index contributed by atoms with van der Waals surface area (Å²) in [6.45, 7) is 2.68. The normalized spacial score (nSPS) is 9.40. The Labute approximate surface area is 93.3 Å². The molecule has 0 radical (unpaired) electrons. The highest BCUT2D eigenvalue weighted by molar-refractivity contribution is 7.80. The highest BCUT2D eigenvalue weighted by atomic mass is 32.1. The summed E-state index contributed by atoms with van der Waals surface area (Å²) >= 11 is 4.97. The molecule has 5 heteroatoms. The van der Waals surface area contributed by atoms with Gasteiger partial charge in [0.05, 0.1) is 5.97 Å². The molecule has 80 valence electrons. The van der Waals surface area contributed by atoms with Gasteiger partial charge in [0.15, 0.2) is 5.11 Å². The molecule has 0 saturated carbocycles. The fourth-order valence-electron chi connectivity index (χ4n) is 1.03. The van der Waals surface area contributed by atoms with Crippen LogP contribution in [0.25, 0.3) is 0 Å². The fourth-order valence-corrected chi connectivity index (χ4v) is 1.29. The number of hydrogen-bond acceptors (Lipinski definition) is 3. The van der Waals surface area contributed by atoms with E-state index in [0.717, 1.165) is 12.2 Å². The van der Waals surface area contributed by atoms with E-state index in [0.29, 0.717) is 5.11 Å². The topological polar surface area (TPSA) is 64.2 Å². The van der Waals surface area contributed by atoms with E-state index in [9.17, 15) is 9.90 Å². The van der Waals surface area contributed by atoms with Gasteiger partial charge in [-0.3, -0.25) is 0 Å². The van der Waals surface area contributed by atoms with Crippen LogP contribution in [-0.4, -0.2) is 17.6 Å². The number of carboxylic acids is 1. The second kappa shape index (κ2) is 5.31. The van der Waals surface area contributed by atoms with Gasteiger partial charge < -0.3 is 20.5 Å². The van der Waals surface area contributed by atoms with Crippen LogP contribution in [0.2, 0.25) is 0 Å². The van der Waals surface area contributed by atoms with Gasteiger partial charge in [-0.05, 0) is 36.8 Å². The summed E-state index contributed by atoms with van der Waals surface area (Å²) in [5, 5.41) is 16.8. The van der Waals surface area contributed by atoms with Gasteiger partial charge in [-0.25, -0.2) is 0 Å². The standard InChI is InChI=1S/C10H12N2O2S/c1-2-11-10(15)12-8-5-3-7(4-6-8)9(13)14/h3-6H,2H2,1H3,(H,13,14)(H2,11,12,15)/p-1. The Bertz CT molecular complexity index is 362. The lowest BCUT2D eigenvalue weighted by molar-refractivity contribution is -0.255. The van der Waals surface area contributed by atoms with E-state index in [4.69, 9.17) is 12.2 Å². The lowest BCUT2D eigenvalue weighted by Gasteiger charge is -2.09. The summed E-state index contributed by atoms with van der Waals surface area (Å²) in [5.74, 6) is -1.18. The lowest BCUT2D eigenvalue weighted by atomic mass is 10.2. The molecule has 0 aromatic heterocycles. The van der Waals surface area contributed by atoms with Crippen LogP contribution in [0.15, 0.2) is 24.3 Å². The maximum Gasteiger partial charge on any atom is 0.170 e. The molecule has 0 aliphatic carbocycles. The Morgan fingerprint density at radius 1 is 1.40 bits per heavy atom. The molecule has 0 spiro atoms. The molecule has 4 nitrogen and oxygen atoms in total. The zero-order chi connectivity index (χ0) is 11.3. The van der Waals surface area contributed by atoms with Gasteiger partial charge in [-0.2, -0.15) is 0 Å². The minimum Gasteiger partial charge on any atom is -0.545 e. The number of anilines is 1. The largest absolute Gasteiger partial charge is 0.545 e. The van der Waals surface area contributed by atoms with Crippen LogP contribution in [-0.2, 0) is 0 Å². The first-order chi connectivity index (χ1) is 7.13. The highest BCUT2D eigenvalue weighted by Gasteiger charge is 1.96. The van der Waals surface area contributed by atoms with E-state index in [2.05, 4.69) is 10.6 Å². The molecule has 1 rings (SSSR count). The summed E-state index contributed by atoms with van der Waals surface area (Å²) in [7, 11) is 0. The van der Waals surface area contributed by atoms with Crippen LogP contribution in [0.5, 0.6) is 0 Å². The number of carboxylic acid groups (broad SMARTS) is 1. The van der Waals surface area contributed by atoms with Crippen molar-refractivity contribution in [1.29, 1.82) is 0 Å². The first kappa shape index (κ1) is 11.5. The predicted octanol–water partition coefficient (Wildman–Crippen LogP) is 0.356. The third kappa shape index (κ3) is 3.55. The Morgan fingerprint density at radius 3 is 2.47 bits per heavy atom. The van der Waals surface area contributed by atoms with Crippen molar-refractivity contribution in [3.05, 3.63) is 29.8 Å². The van der Waals surface area contributed by atoms with Crippen LogP contribution in [0.3, 0.4) is 0 Å². The number of nitrogens with one attached hydrogen (secondary N) is 2. The summed E-state index contributed by atoms with van der Waals surface area (Å²) < 4.78 is 0. The molecule has 0 heterocycles. The van der Waals surface area contributed by atoms with Gasteiger partial charge >= 0.3 is 0 Å². The van der Waals surface area contributed by atoms with Crippen molar-refractivity contribution in [3.63, 3.8) is 0 Å². The fraction of sp³-hybridized carbons (Fsp3) is 0.200. The molecule has 0 unspecified atom stereocenters. The van der Waals surface area contributed by atoms with Crippen molar-refractivity contribution >= 4 is 29.0 Å². The lowest BCUT2D eigenvalue weighted by Crippen LogP contribution is -2.28. The summed E-state index contributed by atoms with van der Waals surface area (Å²) in [4.78, 5) is 10.5. The number of carbonyl (C=O) groups excluding carboxylic acids is 1. The molecule has 0 amide bonds. The van der Waals surface area contributed by atoms with E-state index in [-0.39, 0.29) is 5.56 Å². The van der Waals surface area contributed by atoms with Gasteiger partial charge in [-0.1, -0.05) is 12.1 Å². The molecular formula is C10H11N2O2S-. The average molecular weight is 223 g/mol. The van der Waals surface area contributed by atoms with E-state index in [1.165, 1.54) is 12.1 Å². The number of hydrogen-bond donors (Lipinski definition) is 2. The van der Waals surface area contributed by atoms with Gasteiger partial charge in [0.1, 0.15) is 0 Å². The van der Waals surface area contributed by atoms with Crippen LogP contribution >= 0.6 is 12.2 Å². The van der Waals surface area contributed by atoms with Gasteiger partial charge in [0.25, 0.3) is 0 Å². The smallest absolute Gasteiger partial charge is 0.170 e. The number of aromatic carboxylic acids is 1. The minimum absolute atomic E-state index is 0.148. The summed E-state index contributed by atoms with van der Waals surface area (Å²) in [5.41, 5.74) is 0.890. The first-order valence-corrected chi connectivity index (χ1v) is 4.90. The Morgan fingerprint density at radius 2 is 2.00 bits per heavy atom. The molecule has 15 heavy (non-hydrogen) atoms. The zero-order valence-corrected chi connectivity index (χ0v) is 9.06. The van der Waals surface area contributed by atoms with Crippen molar-refractivity contribution in [2.75, 3.05) is 11.9 Å². The maximum atomic E-state index is 10.5. The van der Waals surface area contributed by atoms with E-state index >= 15 is 0 Å². The zero-order valence-electron chi connectivity index (χ0n) is 8.24. The molecule has 0 atom stereocenters. The van der Waals surface area contributed by atoms with E-state index in [1.807, 2.05) is 6.92 Å². The third-order valence-corrected chi connectivity index (χ3v) is 1.96. The second-order valence-electron chi connectivity index (χ2n) is 2.85. The molecule has 2 N–H and O–H groups in total. The molecular weight excluding hydrogens is 212 g/mol. The van der Waals surface area contributed by atoms with Gasteiger partial charge in [0.2, 0.25) is 0 Å². The summed E-state index contributed by atoms with van der Waals surface area (Å²) in [6, 6.07) is 6.20. The molecule has 1 aromatic carbocycles. The van der Waals surface area contributed by atoms with Crippen LogP contribution in [0.4, 0.5) is 5.69 Å². The van der Waals surface area contributed by atoms with Crippen LogP contribution in [0.1, 0.15) is 17.3 Å². The molecule has 1 aromatic rings. The van der Waals surface area contributed by atoms with Crippen molar-refractivity contribution < 1.29 is 9.90 Å². The van der Waals surface area contributed by atoms with E-state index in [1.54, 1.807) is 12.1 Å². The van der Waals surface area contributed by atoms with Crippen LogP contribution < -0.4 is 15.7 Å². The molecule has 0 bridgehead atoms. The number of benzene rings is 1. The Hall–Kier alpha value is -1.62. The van der Waals surface area contributed by atoms with Crippen molar-refractivity contribution in [3.8, 4) is 0 Å². The maximum absolute atomic E-state index is 10.5. The SMILES string of the molecule is CCNC(=S)Nc1ccc(C(=O)[O-])cc1. The third-order valence-electron chi connectivity index (χ3n) is 1.72. The number of carbonyl (C=O) groups is 1. The van der Waals surface area contributed by atoms with Crippen molar-refractivity contribution in [1.82, 2.24) is 5.32 Å². The van der Waals surface area contributed by atoms with Gasteiger partial charge in [0, 0.05) is 12.2 Å². The molecule has 0 aliphatic rings. The second-order valence-corrected chi connectivity index (χ2v) is 3.26. The Kier molecular flexibility index (Phi) is 4.05. The summed E-state index contributed by atoms with van der Waals surface area (Å²) in [6.07, 6.45) is 0. The Balaban J connectivity index is 2.64. The number of thiocarbonyl (C=S) groups is 1. The average Bonchev–Trinajstić information content (AvgIpc) is 2.18. The number of rotatable bonds is 3. The predicted molar refractivity (Wildman–Crippen MR) is 60.7 cm³/mol. The van der Waals surface area contributed by atoms with Crippen molar-refractivity contribution in [2.45, 2.75) is 6.92 Å². The van der Waals surface area contributed by atoms with Crippen LogP contribution in [0, 0.1) is 0 Å². The minimum atomic E-state index is -1.18. The first-order valence-electron chi connectivity index (χ1n) is 4.49. The molecule has 0 aliphatic heterocycles. The highest BCUT2D eigenvalue weighted by Crippen LogP contribution is 2.08. The molecule has 0 saturated heterocycles. The quantitative estimate of drug-likeness (QED) is 0.724. The monoisotopic (exact) mass is 223 g/mol. The van der Waals surface area contributed by atoms with Gasteiger partial charge in [-0.15, -0.1) is 0 Å².